The number of rotatable bonds is 5. The first-order valence-corrected chi connectivity index (χ1v) is 7.46. The van der Waals surface area contributed by atoms with E-state index in [1.165, 1.54) is 14.2 Å². The summed E-state index contributed by atoms with van der Waals surface area (Å²) in [6.07, 6.45) is 0. The molecule has 2 aromatic rings. The van der Waals surface area contributed by atoms with Gasteiger partial charge in [0, 0.05) is 0 Å². The summed E-state index contributed by atoms with van der Waals surface area (Å²) < 4.78 is 21.8. The van der Waals surface area contributed by atoms with Crippen molar-refractivity contribution in [2.45, 2.75) is 0 Å². The fourth-order valence-corrected chi connectivity index (χ4v) is 2.62. The molecular formula is C16H15IO5. The summed E-state index contributed by atoms with van der Waals surface area (Å²) in [5, 5.41) is 0. The third kappa shape index (κ3) is 3.27. The van der Waals surface area contributed by atoms with Crippen molar-refractivity contribution in [3.8, 4) is 23.0 Å². The quantitative estimate of drug-likeness (QED) is 0.426. The molecule has 0 unspecified atom stereocenters. The van der Waals surface area contributed by atoms with Gasteiger partial charge in [0.05, 0.1) is 24.9 Å². The smallest absolute Gasteiger partial charge is 0.351 e. The van der Waals surface area contributed by atoms with E-state index < -0.39 is 5.97 Å². The Hall–Kier alpha value is -1.96. The van der Waals surface area contributed by atoms with Crippen LogP contribution in [0, 0.1) is 3.57 Å². The van der Waals surface area contributed by atoms with Gasteiger partial charge in [0.1, 0.15) is 28.6 Å². The lowest BCUT2D eigenvalue weighted by Crippen LogP contribution is -2.12. The van der Waals surface area contributed by atoms with E-state index in [0.29, 0.717) is 26.6 Å². The second kappa shape index (κ2) is 7.35. The van der Waals surface area contributed by atoms with Gasteiger partial charge in [-0.3, -0.25) is 0 Å². The van der Waals surface area contributed by atoms with Gasteiger partial charge in [-0.25, -0.2) is 4.79 Å². The molecule has 116 valence electrons. The highest BCUT2D eigenvalue weighted by Crippen LogP contribution is 2.33. The predicted molar refractivity (Wildman–Crippen MR) is 90.2 cm³/mol. The summed E-state index contributed by atoms with van der Waals surface area (Å²) >= 11 is 2.06. The summed E-state index contributed by atoms with van der Waals surface area (Å²) in [5.74, 6) is 1.28. The van der Waals surface area contributed by atoms with Crippen LogP contribution in [0.4, 0.5) is 0 Å². The van der Waals surface area contributed by atoms with E-state index in [4.69, 9.17) is 18.9 Å². The maximum Gasteiger partial charge on any atom is 0.351 e. The number of hydrogen-bond donors (Lipinski definition) is 0. The Morgan fingerprint density at radius 3 is 1.77 bits per heavy atom. The minimum Gasteiger partial charge on any atom is -0.496 e. The molecule has 0 aliphatic heterocycles. The molecule has 0 aliphatic rings. The lowest BCUT2D eigenvalue weighted by atomic mass is 10.1. The van der Waals surface area contributed by atoms with E-state index in [9.17, 15) is 4.79 Å². The number of benzene rings is 2. The van der Waals surface area contributed by atoms with Crippen LogP contribution in [0.15, 0.2) is 36.4 Å². The molecule has 0 spiro atoms. The number of halogens is 1. The van der Waals surface area contributed by atoms with Crippen molar-refractivity contribution in [1.82, 2.24) is 0 Å². The summed E-state index contributed by atoms with van der Waals surface area (Å²) in [6.45, 7) is 0. The van der Waals surface area contributed by atoms with Crippen LogP contribution in [0.5, 0.6) is 23.0 Å². The maximum atomic E-state index is 12.5. The Balaban J connectivity index is 2.38. The fourth-order valence-electron chi connectivity index (χ4n) is 1.93. The van der Waals surface area contributed by atoms with Crippen molar-refractivity contribution >= 4 is 28.6 Å². The molecule has 0 heterocycles. The Kier molecular flexibility index (Phi) is 5.48. The molecule has 0 atom stereocenters. The van der Waals surface area contributed by atoms with Crippen LogP contribution in [0.2, 0.25) is 0 Å². The largest absolute Gasteiger partial charge is 0.496 e. The molecule has 0 N–H and O–H groups in total. The van der Waals surface area contributed by atoms with Crippen molar-refractivity contribution in [1.29, 1.82) is 0 Å². The minimum atomic E-state index is -0.555. The van der Waals surface area contributed by atoms with Gasteiger partial charge >= 0.3 is 5.97 Å². The predicted octanol–water partition coefficient (Wildman–Crippen LogP) is 3.54. The van der Waals surface area contributed by atoms with Crippen LogP contribution < -0.4 is 18.9 Å². The second-order valence-electron chi connectivity index (χ2n) is 4.20. The van der Waals surface area contributed by atoms with Gasteiger partial charge in [0.2, 0.25) is 0 Å². The van der Waals surface area contributed by atoms with Gasteiger partial charge < -0.3 is 18.9 Å². The number of hydrogen-bond acceptors (Lipinski definition) is 5. The first-order valence-electron chi connectivity index (χ1n) is 6.38. The average Bonchev–Trinajstić information content (AvgIpc) is 2.55. The Morgan fingerprint density at radius 1 is 0.818 bits per heavy atom. The molecule has 0 saturated heterocycles. The normalized spacial score (nSPS) is 10.0. The standard InChI is InChI=1S/C16H15IO5/c1-19-10-6-4-7-11(20-2)14(10)16(18)22-13-9-5-8-12(21-3)15(13)17/h4-9H,1-3H3. The van der Waals surface area contributed by atoms with Crippen molar-refractivity contribution < 1.29 is 23.7 Å². The maximum absolute atomic E-state index is 12.5. The van der Waals surface area contributed by atoms with E-state index in [1.54, 1.807) is 43.5 Å². The van der Waals surface area contributed by atoms with Crippen LogP contribution in [0.3, 0.4) is 0 Å². The van der Waals surface area contributed by atoms with Crippen molar-refractivity contribution in [2.24, 2.45) is 0 Å². The topological polar surface area (TPSA) is 54.0 Å². The zero-order valence-electron chi connectivity index (χ0n) is 12.4. The molecule has 0 saturated carbocycles. The summed E-state index contributed by atoms with van der Waals surface area (Å²) in [5.41, 5.74) is 0.242. The SMILES string of the molecule is COc1cccc(OC(=O)c2c(OC)cccc2OC)c1I. The van der Waals surface area contributed by atoms with Gasteiger partial charge in [-0.15, -0.1) is 0 Å². The van der Waals surface area contributed by atoms with Crippen LogP contribution in [-0.2, 0) is 0 Å². The molecule has 0 amide bonds. The van der Waals surface area contributed by atoms with E-state index in [2.05, 4.69) is 22.6 Å². The molecule has 2 rings (SSSR count). The monoisotopic (exact) mass is 414 g/mol. The molecular weight excluding hydrogens is 399 g/mol. The molecule has 0 bridgehead atoms. The average molecular weight is 414 g/mol. The second-order valence-corrected chi connectivity index (χ2v) is 5.28. The number of esters is 1. The van der Waals surface area contributed by atoms with Crippen LogP contribution in [0.1, 0.15) is 10.4 Å². The zero-order valence-corrected chi connectivity index (χ0v) is 14.5. The Labute approximate surface area is 142 Å². The molecule has 22 heavy (non-hydrogen) atoms. The van der Waals surface area contributed by atoms with E-state index in [0.717, 1.165) is 0 Å². The molecule has 6 heteroatoms. The first kappa shape index (κ1) is 16.4. The highest BCUT2D eigenvalue weighted by Gasteiger charge is 2.21. The summed E-state index contributed by atoms with van der Waals surface area (Å²) in [7, 11) is 4.54. The molecule has 0 fully saturated rings. The van der Waals surface area contributed by atoms with Gasteiger partial charge in [-0.2, -0.15) is 0 Å². The third-order valence-electron chi connectivity index (χ3n) is 2.98. The molecule has 0 aliphatic carbocycles. The van der Waals surface area contributed by atoms with E-state index in [-0.39, 0.29) is 5.56 Å². The number of carbonyl (C=O) groups is 1. The minimum absolute atomic E-state index is 0.242. The number of methoxy groups -OCH3 is 3. The third-order valence-corrected chi connectivity index (χ3v) is 4.05. The first-order chi connectivity index (χ1) is 10.6. The van der Waals surface area contributed by atoms with Crippen LogP contribution in [-0.4, -0.2) is 27.3 Å². The zero-order chi connectivity index (χ0) is 16.1. The van der Waals surface area contributed by atoms with Gasteiger partial charge in [-0.1, -0.05) is 12.1 Å². The van der Waals surface area contributed by atoms with Crippen LogP contribution in [0.25, 0.3) is 0 Å². The number of ether oxygens (including phenoxy) is 4. The van der Waals surface area contributed by atoms with Gasteiger partial charge in [0.25, 0.3) is 0 Å². The summed E-state index contributed by atoms with van der Waals surface area (Å²) in [4.78, 5) is 12.5. The summed E-state index contributed by atoms with van der Waals surface area (Å²) in [6, 6.07) is 10.3. The van der Waals surface area contributed by atoms with Crippen molar-refractivity contribution in [3.63, 3.8) is 0 Å². The highest BCUT2D eigenvalue weighted by molar-refractivity contribution is 14.1. The van der Waals surface area contributed by atoms with Crippen LogP contribution >= 0.6 is 22.6 Å². The van der Waals surface area contributed by atoms with Gasteiger partial charge in [0.15, 0.2) is 0 Å². The Bertz CT molecular complexity index is 662. The van der Waals surface area contributed by atoms with Crippen molar-refractivity contribution in [3.05, 3.63) is 45.5 Å². The fraction of sp³-hybridized carbons (Fsp3) is 0.188. The highest BCUT2D eigenvalue weighted by atomic mass is 127. The Morgan fingerprint density at radius 2 is 1.27 bits per heavy atom. The molecule has 2 aromatic carbocycles. The van der Waals surface area contributed by atoms with E-state index in [1.807, 2.05) is 0 Å². The molecule has 0 radical (unpaired) electrons. The van der Waals surface area contributed by atoms with Gasteiger partial charge in [-0.05, 0) is 46.9 Å². The van der Waals surface area contributed by atoms with Crippen molar-refractivity contribution in [2.75, 3.05) is 21.3 Å². The lowest BCUT2D eigenvalue weighted by molar-refractivity contribution is 0.0726. The molecule has 5 nitrogen and oxygen atoms in total. The number of carbonyl (C=O) groups excluding carboxylic acids is 1. The van der Waals surface area contributed by atoms with E-state index >= 15 is 0 Å². The molecule has 0 aromatic heterocycles. The lowest BCUT2D eigenvalue weighted by Gasteiger charge is -2.13.